The van der Waals surface area contributed by atoms with Crippen LogP contribution in [0.3, 0.4) is 0 Å². The smallest absolute Gasteiger partial charge is 0.0395 e. The van der Waals surface area contributed by atoms with Crippen molar-refractivity contribution in [2.45, 2.75) is 13.8 Å². The van der Waals surface area contributed by atoms with Gasteiger partial charge in [0, 0.05) is 0 Å². The zero-order valence-electron chi connectivity index (χ0n) is 7.62. The highest BCUT2D eigenvalue weighted by Crippen LogP contribution is 2.00. The zero-order valence-corrected chi connectivity index (χ0v) is 7.62. The van der Waals surface area contributed by atoms with Crippen LogP contribution in [0.5, 0.6) is 0 Å². The topological polar surface area (TPSA) is 0 Å². The lowest BCUT2D eigenvalue weighted by Gasteiger charge is -1.90. The maximum Gasteiger partial charge on any atom is -0.0395 e. The fourth-order valence-electron chi connectivity index (χ4n) is 0.919. The van der Waals surface area contributed by atoms with Gasteiger partial charge in [-0.25, -0.2) is 0 Å². The zero-order chi connectivity index (χ0) is 8.81. The van der Waals surface area contributed by atoms with Gasteiger partial charge in [-0.1, -0.05) is 48.5 Å². The Hall–Kier alpha value is -1.30. The third-order valence-corrected chi connectivity index (χ3v) is 1.87. The standard InChI is InChI=1S/C12H14/c1-11-9-7-5-3-4-6-8-10-12(11)2/h3-10H,1-2H3. The molecule has 0 bridgehead atoms. The molecule has 0 N–H and O–H groups in total. The number of hydrogen-bond donors (Lipinski definition) is 0. The molecular formula is C12H14. The van der Waals surface area contributed by atoms with E-state index >= 15 is 0 Å². The van der Waals surface area contributed by atoms with Gasteiger partial charge in [-0.05, 0) is 25.0 Å². The molecule has 1 rings (SSSR count). The summed E-state index contributed by atoms with van der Waals surface area (Å²) in [6.07, 6.45) is 0. The summed E-state index contributed by atoms with van der Waals surface area (Å²) in [6, 6.07) is 16.5. The molecule has 0 spiro atoms. The van der Waals surface area contributed by atoms with Gasteiger partial charge in [0.1, 0.15) is 0 Å². The first-order chi connectivity index (χ1) is 5.80. The molecule has 0 radical (unpaired) electrons. The predicted octanol–water partition coefficient (Wildman–Crippen LogP) is 3.43. The minimum atomic E-state index is 1.31. The van der Waals surface area contributed by atoms with E-state index in [-0.39, 0.29) is 0 Å². The van der Waals surface area contributed by atoms with E-state index in [1.54, 1.807) is 0 Å². The lowest BCUT2D eigenvalue weighted by atomic mass is 10.2. The minimum absolute atomic E-state index is 1.31. The second kappa shape index (κ2) is 4.55. The largest absolute Gasteiger partial charge is 0.0623 e. The summed E-state index contributed by atoms with van der Waals surface area (Å²) in [5, 5.41) is 0. The van der Waals surface area contributed by atoms with E-state index in [1.807, 2.05) is 24.3 Å². The Labute approximate surface area is 74.2 Å². The molecule has 62 valence electrons. The van der Waals surface area contributed by atoms with Gasteiger partial charge in [-0.2, -0.15) is 0 Å². The van der Waals surface area contributed by atoms with Crippen LogP contribution in [0.15, 0.2) is 48.5 Å². The van der Waals surface area contributed by atoms with Crippen molar-refractivity contribution >= 4 is 0 Å². The van der Waals surface area contributed by atoms with Crippen LogP contribution in [0.2, 0.25) is 0 Å². The van der Waals surface area contributed by atoms with Crippen molar-refractivity contribution in [1.82, 2.24) is 0 Å². The molecule has 0 aliphatic carbocycles. The molecule has 0 saturated carbocycles. The van der Waals surface area contributed by atoms with Gasteiger partial charge in [0.2, 0.25) is 0 Å². The van der Waals surface area contributed by atoms with Crippen molar-refractivity contribution in [3.05, 3.63) is 59.7 Å². The van der Waals surface area contributed by atoms with Crippen LogP contribution in [-0.2, 0) is 0 Å². The summed E-state index contributed by atoms with van der Waals surface area (Å²) in [4.78, 5) is 0. The van der Waals surface area contributed by atoms with Crippen molar-refractivity contribution in [2.75, 3.05) is 0 Å². The van der Waals surface area contributed by atoms with E-state index in [1.165, 1.54) is 11.1 Å². The van der Waals surface area contributed by atoms with Crippen LogP contribution in [-0.4, -0.2) is 0 Å². The van der Waals surface area contributed by atoms with Crippen LogP contribution in [0.25, 0.3) is 0 Å². The van der Waals surface area contributed by atoms with Gasteiger partial charge in [0.05, 0.1) is 0 Å². The minimum Gasteiger partial charge on any atom is -0.0623 e. The predicted molar refractivity (Wildman–Crippen MR) is 53.5 cm³/mol. The van der Waals surface area contributed by atoms with Gasteiger partial charge in [0.25, 0.3) is 0 Å². The Morgan fingerprint density at radius 3 is 1.33 bits per heavy atom. The molecule has 1 aromatic carbocycles. The SMILES string of the molecule is Cc1ccccccccc1C. The Morgan fingerprint density at radius 2 is 0.917 bits per heavy atom. The molecule has 0 heterocycles. The third-order valence-electron chi connectivity index (χ3n) is 1.87. The van der Waals surface area contributed by atoms with Crippen molar-refractivity contribution in [2.24, 2.45) is 0 Å². The van der Waals surface area contributed by atoms with Crippen LogP contribution in [0.4, 0.5) is 0 Å². The highest BCUT2D eigenvalue weighted by Gasteiger charge is 1.81. The van der Waals surface area contributed by atoms with Crippen molar-refractivity contribution in [1.29, 1.82) is 0 Å². The van der Waals surface area contributed by atoms with Crippen LogP contribution in [0, 0.1) is 13.8 Å². The molecular weight excluding hydrogens is 144 g/mol. The van der Waals surface area contributed by atoms with E-state index in [4.69, 9.17) is 0 Å². The molecule has 0 nitrogen and oxygen atoms in total. The average molecular weight is 158 g/mol. The first-order valence-electron chi connectivity index (χ1n) is 4.16. The number of aryl methyl sites for hydroxylation is 2. The molecule has 0 unspecified atom stereocenters. The molecule has 0 aliphatic heterocycles. The monoisotopic (exact) mass is 158 g/mol. The fraction of sp³-hybridized carbons (Fsp3) is 0.167. The van der Waals surface area contributed by atoms with Gasteiger partial charge in [-0.15, -0.1) is 0 Å². The normalized spacial score (nSPS) is 8.83. The Kier molecular flexibility index (Phi) is 3.34. The Morgan fingerprint density at radius 1 is 0.583 bits per heavy atom. The van der Waals surface area contributed by atoms with Crippen molar-refractivity contribution < 1.29 is 0 Å². The van der Waals surface area contributed by atoms with Crippen LogP contribution in [0.1, 0.15) is 11.1 Å². The molecule has 0 atom stereocenters. The number of rotatable bonds is 0. The average Bonchev–Trinajstić information content (AvgIpc) is 2.08. The second-order valence-corrected chi connectivity index (χ2v) is 2.85. The summed E-state index contributed by atoms with van der Waals surface area (Å²) >= 11 is 0. The second-order valence-electron chi connectivity index (χ2n) is 2.85. The first kappa shape index (κ1) is 8.79. The maximum absolute atomic E-state index is 2.12. The van der Waals surface area contributed by atoms with Crippen LogP contribution >= 0.6 is 0 Å². The van der Waals surface area contributed by atoms with E-state index in [0.717, 1.165) is 0 Å². The summed E-state index contributed by atoms with van der Waals surface area (Å²) in [7, 11) is 0. The molecule has 0 aromatic heterocycles. The lowest BCUT2D eigenvalue weighted by Crippen LogP contribution is -1.72. The first-order valence-corrected chi connectivity index (χ1v) is 4.16. The maximum atomic E-state index is 2.12. The summed E-state index contributed by atoms with van der Waals surface area (Å²) < 4.78 is 0. The van der Waals surface area contributed by atoms with E-state index in [9.17, 15) is 0 Å². The molecule has 0 aliphatic rings. The molecule has 1 aromatic rings. The summed E-state index contributed by atoms with van der Waals surface area (Å²) in [5.41, 5.74) is 2.62. The Balaban J connectivity index is 3.25. The van der Waals surface area contributed by atoms with E-state index < -0.39 is 0 Å². The third kappa shape index (κ3) is 2.75. The highest BCUT2D eigenvalue weighted by molar-refractivity contribution is 5.20. The van der Waals surface area contributed by atoms with Gasteiger partial charge in [-0.3, -0.25) is 0 Å². The van der Waals surface area contributed by atoms with Crippen molar-refractivity contribution in [3.8, 4) is 0 Å². The molecule has 0 fully saturated rings. The summed E-state index contributed by atoms with van der Waals surface area (Å²) in [5.74, 6) is 0. The highest BCUT2D eigenvalue weighted by atomic mass is 13.9. The molecule has 0 heteroatoms. The van der Waals surface area contributed by atoms with Gasteiger partial charge in [0.15, 0.2) is 0 Å². The quantitative estimate of drug-likeness (QED) is 0.542. The van der Waals surface area contributed by atoms with Gasteiger partial charge < -0.3 is 0 Å². The molecule has 12 heavy (non-hydrogen) atoms. The molecule has 0 amide bonds. The fourth-order valence-corrected chi connectivity index (χ4v) is 0.919. The number of hydrogen-bond acceptors (Lipinski definition) is 0. The molecule has 0 saturated heterocycles. The van der Waals surface area contributed by atoms with Crippen LogP contribution < -0.4 is 0 Å². The Bertz CT molecular complexity index is 267. The summed E-state index contributed by atoms with van der Waals surface area (Å²) in [6.45, 7) is 4.24. The van der Waals surface area contributed by atoms with Crippen molar-refractivity contribution in [3.63, 3.8) is 0 Å². The van der Waals surface area contributed by atoms with E-state index in [2.05, 4.69) is 38.1 Å². The van der Waals surface area contributed by atoms with Gasteiger partial charge >= 0.3 is 0 Å². The van der Waals surface area contributed by atoms with E-state index in [0.29, 0.717) is 0 Å². The lowest BCUT2D eigenvalue weighted by molar-refractivity contribution is 1.36.